The summed E-state index contributed by atoms with van der Waals surface area (Å²) in [6.07, 6.45) is 1.47. The molecule has 0 spiro atoms. The van der Waals surface area contributed by atoms with Crippen LogP contribution in [-0.4, -0.2) is 26.0 Å². The Hall–Kier alpha value is -2.84. The molecule has 2 heterocycles. The normalized spacial score (nSPS) is 11.0. The number of nitrogens with one attached hydrogen (secondary N) is 1. The van der Waals surface area contributed by atoms with Crippen LogP contribution in [0.15, 0.2) is 53.8 Å². The lowest BCUT2D eigenvalue weighted by Gasteiger charge is -2.07. The summed E-state index contributed by atoms with van der Waals surface area (Å²) in [6.45, 7) is 4.00. The number of anilines is 1. The van der Waals surface area contributed by atoms with Gasteiger partial charge in [-0.2, -0.15) is 4.37 Å². The first-order chi connectivity index (χ1) is 14.0. The third-order valence-electron chi connectivity index (χ3n) is 4.19. The van der Waals surface area contributed by atoms with E-state index in [2.05, 4.69) is 25.7 Å². The second-order valence-corrected chi connectivity index (χ2v) is 8.35. The van der Waals surface area contributed by atoms with E-state index in [0.29, 0.717) is 16.2 Å². The van der Waals surface area contributed by atoms with Crippen LogP contribution < -0.4 is 5.32 Å². The van der Waals surface area contributed by atoms with Crippen molar-refractivity contribution in [3.63, 3.8) is 0 Å². The number of halogens is 1. The molecule has 2 aromatic carbocycles. The van der Waals surface area contributed by atoms with Crippen LogP contribution in [0.2, 0.25) is 0 Å². The number of aromatic nitrogens is 3. The zero-order valence-electron chi connectivity index (χ0n) is 15.8. The summed E-state index contributed by atoms with van der Waals surface area (Å²) in [5.74, 6) is -0.174. The third kappa shape index (κ3) is 4.44. The van der Waals surface area contributed by atoms with Gasteiger partial charge in [0.25, 0.3) is 0 Å². The van der Waals surface area contributed by atoms with Crippen molar-refractivity contribution in [3.05, 3.63) is 65.7 Å². The number of benzene rings is 2. The molecular formula is C21H17FN4OS2. The Balaban J connectivity index is 1.51. The number of carbonyl (C=O) groups is 1. The highest BCUT2D eigenvalue weighted by Gasteiger charge is 2.15. The SMILES string of the molecule is Cc1cc(C)cc(NC(=O)CSc2ncnc3c(-c4ccc(F)cc4)nsc23)c1. The fourth-order valence-corrected chi connectivity index (χ4v) is 4.74. The van der Waals surface area contributed by atoms with Gasteiger partial charge in [-0.15, -0.1) is 0 Å². The highest BCUT2D eigenvalue weighted by atomic mass is 32.2. The maximum atomic E-state index is 13.2. The zero-order chi connectivity index (χ0) is 20.4. The van der Waals surface area contributed by atoms with Crippen LogP contribution in [-0.2, 0) is 4.79 Å². The molecule has 0 unspecified atom stereocenters. The predicted octanol–water partition coefficient (Wildman–Crippen LogP) is 5.24. The quantitative estimate of drug-likeness (QED) is 0.350. The second-order valence-electron chi connectivity index (χ2n) is 6.61. The van der Waals surface area contributed by atoms with E-state index in [1.165, 1.54) is 41.8 Å². The van der Waals surface area contributed by atoms with Crippen LogP contribution in [0, 0.1) is 19.7 Å². The predicted molar refractivity (Wildman–Crippen MR) is 116 cm³/mol. The summed E-state index contributed by atoms with van der Waals surface area (Å²) >= 11 is 2.62. The maximum absolute atomic E-state index is 13.2. The largest absolute Gasteiger partial charge is 0.325 e. The van der Waals surface area contributed by atoms with E-state index >= 15 is 0 Å². The zero-order valence-corrected chi connectivity index (χ0v) is 17.4. The van der Waals surface area contributed by atoms with Crippen molar-refractivity contribution in [3.8, 4) is 11.3 Å². The lowest BCUT2D eigenvalue weighted by Crippen LogP contribution is -2.14. The Kier molecular flexibility index (Phi) is 5.55. The van der Waals surface area contributed by atoms with Gasteiger partial charge in [-0.05, 0) is 72.9 Å². The monoisotopic (exact) mass is 424 g/mol. The minimum atomic E-state index is -0.297. The molecule has 0 fully saturated rings. The second kappa shape index (κ2) is 8.26. The molecule has 1 N–H and O–H groups in total. The van der Waals surface area contributed by atoms with Crippen LogP contribution >= 0.6 is 23.3 Å². The van der Waals surface area contributed by atoms with Crippen molar-refractivity contribution < 1.29 is 9.18 Å². The summed E-state index contributed by atoms with van der Waals surface area (Å²) in [7, 11) is 0. The highest BCUT2D eigenvalue weighted by molar-refractivity contribution is 8.00. The molecular weight excluding hydrogens is 407 g/mol. The van der Waals surface area contributed by atoms with E-state index in [1.807, 2.05) is 26.0 Å². The molecule has 0 aliphatic heterocycles. The van der Waals surface area contributed by atoms with Gasteiger partial charge in [0.15, 0.2) is 0 Å². The molecule has 0 aliphatic rings. The van der Waals surface area contributed by atoms with Gasteiger partial charge < -0.3 is 5.32 Å². The lowest BCUT2D eigenvalue weighted by molar-refractivity contribution is -0.113. The first-order valence-electron chi connectivity index (χ1n) is 8.87. The van der Waals surface area contributed by atoms with Crippen molar-refractivity contribution in [2.45, 2.75) is 18.9 Å². The smallest absolute Gasteiger partial charge is 0.234 e. The molecule has 0 aliphatic carbocycles. The number of hydrogen-bond donors (Lipinski definition) is 1. The average Bonchev–Trinajstić information content (AvgIpc) is 3.11. The number of amides is 1. The fraction of sp³-hybridized carbons (Fsp3) is 0.143. The van der Waals surface area contributed by atoms with E-state index in [4.69, 9.17) is 0 Å². The van der Waals surface area contributed by atoms with Gasteiger partial charge in [0.05, 0.1) is 5.75 Å². The summed E-state index contributed by atoms with van der Waals surface area (Å²) in [5, 5.41) is 3.63. The summed E-state index contributed by atoms with van der Waals surface area (Å²) in [5.41, 5.74) is 5.17. The number of thioether (sulfide) groups is 1. The van der Waals surface area contributed by atoms with E-state index in [1.54, 1.807) is 12.1 Å². The van der Waals surface area contributed by atoms with Crippen LogP contribution in [0.25, 0.3) is 21.5 Å². The van der Waals surface area contributed by atoms with Gasteiger partial charge in [0.2, 0.25) is 5.91 Å². The molecule has 2 aromatic heterocycles. The van der Waals surface area contributed by atoms with Gasteiger partial charge in [0.1, 0.15) is 33.1 Å². The van der Waals surface area contributed by atoms with Crippen molar-refractivity contribution in [1.29, 1.82) is 0 Å². The molecule has 146 valence electrons. The molecule has 1 amide bonds. The fourth-order valence-electron chi connectivity index (χ4n) is 3.02. The lowest BCUT2D eigenvalue weighted by atomic mass is 10.1. The first-order valence-corrected chi connectivity index (χ1v) is 10.6. The molecule has 0 atom stereocenters. The summed E-state index contributed by atoms with van der Waals surface area (Å²) in [6, 6.07) is 12.1. The molecule has 4 aromatic rings. The molecule has 5 nitrogen and oxygen atoms in total. The Labute approximate surface area is 175 Å². The molecule has 8 heteroatoms. The summed E-state index contributed by atoms with van der Waals surface area (Å²) < 4.78 is 18.5. The Bertz CT molecular complexity index is 1170. The number of aryl methyl sites for hydroxylation is 2. The van der Waals surface area contributed by atoms with Crippen LogP contribution in [0.5, 0.6) is 0 Å². The molecule has 4 rings (SSSR count). The van der Waals surface area contributed by atoms with Gasteiger partial charge in [0, 0.05) is 11.3 Å². The Morgan fingerprint density at radius 2 is 1.83 bits per heavy atom. The van der Waals surface area contributed by atoms with Crippen molar-refractivity contribution in [1.82, 2.24) is 14.3 Å². The molecule has 0 radical (unpaired) electrons. The molecule has 0 saturated carbocycles. The van der Waals surface area contributed by atoms with E-state index in [-0.39, 0.29) is 17.5 Å². The van der Waals surface area contributed by atoms with Crippen molar-refractivity contribution >= 4 is 45.1 Å². The minimum absolute atomic E-state index is 0.102. The minimum Gasteiger partial charge on any atom is -0.325 e. The average molecular weight is 425 g/mol. The Morgan fingerprint density at radius 3 is 2.55 bits per heavy atom. The molecule has 0 bridgehead atoms. The van der Waals surface area contributed by atoms with Gasteiger partial charge >= 0.3 is 0 Å². The van der Waals surface area contributed by atoms with Gasteiger partial charge in [-0.25, -0.2) is 14.4 Å². The molecule has 29 heavy (non-hydrogen) atoms. The number of rotatable bonds is 5. The topological polar surface area (TPSA) is 67.8 Å². The van der Waals surface area contributed by atoms with E-state index < -0.39 is 0 Å². The first kappa shape index (κ1) is 19.5. The van der Waals surface area contributed by atoms with Gasteiger partial charge in [-0.3, -0.25) is 4.79 Å². The standard InChI is InChI=1S/C21H17FN4OS2/c1-12-7-13(2)9-16(8-12)25-17(27)10-28-21-20-19(23-11-24-21)18(26-29-20)14-3-5-15(22)6-4-14/h3-9,11H,10H2,1-2H3,(H,25,27). The van der Waals surface area contributed by atoms with Crippen molar-refractivity contribution in [2.75, 3.05) is 11.1 Å². The van der Waals surface area contributed by atoms with Gasteiger partial charge in [-0.1, -0.05) is 17.8 Å². The maximum Gasteiger partial charge on any atom is 0.234 e. The van der Waals surface area contributed by atoms with E-state index in [9.17, 15) is 9.18 Å². The number of hydrogen-bond acceptors (Lipinski definition) is 6. The summed E-state index contributed by atoms with van der Waals surface area (Å²) in [4.78, 5) is 21.0. The number of fused-ring (bicyclic) bond motifs is 1. The highest BCUT2D eigenvalue weighted by Crippen LogP contribution is 2.34. The number of carbonyl (C=O) groups excluding carboxylic acids is 1. The Morgan fingerprint density at radius 1 is 1.10 bits per heavy atom. The van der Waals surface area contributed by atoms with Crippen LogP contribution in [0.4, 0.5) is 10.1 Å². The third-order valence-corrected chi connectivity index (χ3v) is 6.15. The van der Waals surface area contributed by atoms with Crippen LogP contribution in [0.3, 0.4) is 0 Å². The van der Waals surface area contributed by atoms with Crippen LogP contribution in [0.1, 0.15) is 11.1 Å². The van der Waals surface area contributed by atoms with E-state index in [0.717, 1.165) is 27.1 Å². The number of nitrogens with zero attached hydrogens (tertiary/aromatic N) is 3. The molecule has 0 saturated heterocycles. The van der Waals surface area contributed by atoms with Crippen molar-refractivity contribution in [2.24, 2.45) is 0 Å².